The van der Waals surface area contributed by atoms with Gasteiger partial charge >= 0.3 is 24.0 Å². The van der Waals surface area contributed by atoms with E-state index in [4.69, 9.17) is 10.2 Å². The summed E-state index contributed by atoms with van der Waals surface area (Å²) in [6.07, 6.45) is 46.1. The predicted molar refractivity (Wildman–Crippen MR) is 224 cm³/mol. The summed E-state index contributed by atoms with van der Waals surface area (Å²) in [7, 11) is 0. The van der Waals surface area contributed by atoms with Crippen molar-refractivity contribution in [2.24, 2.45) is 0 Å². The summed E-state index contributed by atoms with van der Waals surface area (Å²) in [5, 5.41) is 38.6. The fraction of sp³-hybridized carbons (Fsp3) is 0.955. The highest BCUT2D eigenvalue weighted by Gasteiger charge is 2.28. The lowest BCUT2D eigenvalue weighted by molar-refractivity contribution is -0.511. The highest BCUT2D eigenvalue weighted by Crippen LogP contribution is 2.17. The average Bonchev–Trinajstić information content (AvgIpc) is 3.13. The first-order valence-electron chi connectivity index (χ1n) is 22.9. The van der Waals surface area contributed by atoms with E-state index in [1.165, 1.54) is 180 Å². The van der Waals surface area contributed by atoms with E-state index in [9.17, 15) is 29.8 Å². The molecular weight excluding hydrogens is 684 g/mol. The fourth-order valence-corrected chi connectivity index (χ4v) is 7.12. The minimum atomic E-state index is -1.42. The van der Waals surface area contributed by atoms with Gasteiger partial charge in [0.25, 0.3) is 0 Å². The molecule has 0 heterocycles. The zero-order valence-electron chi connectivity index (χ0n) is 35.3. The summed E-state index contributed by atoms with van der Waals surface area (Å²) in [5.41, 5.74) is 0. The van der Waals surface area contributed by atoms with Gasteiger partial charge in [-0.25, -0.2) is 9.59 Å². The zero-order chi connectivity index (χ0) is 40.3. The van der Waals surface area contributed by atoms with E-state index in [1.54, 1.807) is 0 Å². The van der Waals surface area contributed by atoms with Crippen molar-refractivity contribution in [3.05, 3.63) is 20.2 Å². The number of carbonyl (C=O) groups is 2. The molecule has 0 spiro atoms. The molecule has 0 bridgehead atoms. The number of rotatable bonds is 42. The van der Waals surface area contributed by atoms with E-state index >= 15 is 0 Å². The fourth-order valence-electron chi connectivity index (χ4n) is 7.12. The van der Waals surface area contributed by atoms with Crippen LogP contribution in [0.3, 0.4) is 0 Å². The first kappa shape index (κ1) is 53.8. The third-order valence-electron chi connectivity index (χ3n) is 10.7. The summed E-state index contributed by atoms with van der Waals surface area (Å²) in [5.74, 6) is -2.63. The predicted octanol–water partition coefficient (Wildman–Crippen LogP) is 14.3. The Kier molecular flexibility index (Phi) is 43.3. The van der Waals surface area contributed by atoms with Crippen LogP contribution in [0.1, 0.15) is 258 Å². The Bertz CT molecular complexity index is 760. The van der Waals surface area contributed by atoms with Crippen molar-refractivity contribution in [3.8, 4) is 0 Å². The molecule has 0 radical (unpaired) electrons. The standard InChI is InChI=1S/2C22H43NO4/c2*1-2-3-4-5-6-7-8-9-10-11-12-13-14-15-16-17-18-19-20-21(22(24)25)23(26)27/h2*21H,2-20H2,1H3,(H,24,25). The molecule has 10 nitrogen and oxygen atoms in total. The van der Waals surface area contributed by atoms with Crippen LogP contribution < -0.4 is 0 Å². The maximum Gasteiger partial charge on any atom is 0.379 e. The van der Waals surface area contributed by atoms with Crippen LogP contribution >= 0.6 is 0 Å². The van der Waals surface area contributed by atoms with Gasteiger partial charge in [-0.1, -0.05) is 232 Å². The van der Waals surface area contributed by atoms with Crippen molar-refractivity contribution in [2.45, 2.75) is 270 Å². The number of nitro groups is 2. The third-order valence-corrected chi connectivity index (χ3v) is 10.7. The van der Waals surface area contributed by atoms with Gasteiger partial charge in [-0.05, 0) is 12.8 Å². The highest BCUT2D eigenvalue weighted by atomic mass is 16.6. The Morgan fingerprint density at radius 1 is 0.352 bits per heavy atom. The van der Waals surface area contributed by atoms with Gasteiger partial charge in [-0.3, -0.25) is 20.2 Å². The van der Waals surface area contributed by atoms with Crippen molar-refractivity contribution in [3.63, 3.8) is 0 Å². The molecule has 54 heavy (non-hydrogen) atoms. The van der Waals surface area contributed by atoms with Crippen molar-refractivity contribution in [2.75, 3.05) is 0 Å². The smallest absolute Gasteiger partial charge is 0.379 e. The third kappa shape index (κ3) is 40.9. The van der Waals surface area contributed by atoms with E-state index in [0.717, 1.165) is 38.5 Å². The van der Waals surface area contributed by atoms with Gasteiger partial charge < -0.3 is 10.2 Å². The molecule has 2 N–H and O–H groups in total. The second-order valence-corrected chi connectivity index (χ2v) is 15.9. The van der Waals surface area contributed by atoms with Gasteiger partial charge in [-0.15, -0.1) is 0 Å². The van der Waals surface area contributed by atoms with Crippen LogP contribution in [0.2, 0.25) is 0 Å². The molecule has 10 heteroatoms. The van der Waals surface area contributed by atoms with Crippen molar-refractivity contribution >= 4 is 11.9 Å². The molecule has 0 saturated heterocycles. The van der Waals surface area contributed by atoms with Crippen molar-refractivity contribution < 1.29 is 29.6 Å². The number of hydrogen-bond acceptors (Lipinski definition) is 6. The van der Waals surface area contributed by atoms with E-state index in [0.29, 0.717) is 12.8 Å². The van der Waals surface area contributed by atoms with Gasteiger partial charge in [0.1, 0.15) is 0 Å². The first-order chi connectivity index (χ1) is 26.2. The lowest BCUT2D eigenvalue weighted by Crippen LogP contribution is -2.28. The topological polar surface area (TPSA) is 161 Å². The minimum Gasteiger partial charge on any atom is -0.476 e. The quantitative estimate of drug-likeness (QED) is 0.0352. The summed E-state index contributed by atoms with van der Waals surface area (Å²) in [6, 6.07) is -2.85. The van der Waals surface area contributed by atoms with Crippen LogP contribution in [0, 0.1) is 20.2 Å². The number of unbranched alkanes of at least 4 members (excludes halogenated alkanes) is 34. The second-order valence-electron chi connectivity index (χ2n) is 15.9. The van der Waals surface area contributed by atoms with Crippen LogP contribution in [-0.2, 0) is 9.59 Å². The number of hydrogen-bond donors (Lipinski definition) is 2. The molecule has 0 aromatic rings. The van der Waals surface area contributed by atoms with E-state index in [2.05, 4.69) is 13.8 Å². The molecule has 320 valence electrons. The molecule has 0 aliphatic rings. The largest absolute Gasteiger partial charge is 0.476 e. The van der Waals surface area contributed by atoms with Gasteiger partial charge in [0.05, 0.1) is 0 Å². The molecule has 0 aliphatic heterocycles. The van der Waals surface area contributed by atoms with Crippen LogP contribution in [0.5, 0.6) is 0 Å². The number of carboxylic acids is 2. The lowest BCUT2D eigenvalue weighted by atomic mass is 10.0. The van der Waals surface area contributed by atoms with Crippen LogP contribution in [0.15, 0.2) is 0 Å². The zero-order valence-corrected chi connectivity index (χ0v) is 35.3. The van der Waals surface area contributed by atoms with E-state index in [1.807, 2.05) is 0 Å². The Morgan fingerprint density at radius 2 is 0.500 bits per heavy atom. The highest BCUT2D eigenvalue weighted by molar-refractivity contribution is 5.72. The molecule has 2 atom stereocenters. The van der Waals surface area contributed by atoms with Crippen molar-refractivity contribution in [1.82, 2.24) is 0 Å². The van der Waals surface area contributed by atoms with Crippen LogP contribution in [-0.4, -0.2) is 44.1 Å². The average molecular weight is 771 g/mol. The first-order valence-corrected chi connectivity index (χ1v) is 22.9. The van der Waals surface area contributed by atoms with Crippen molar-refractivity contribution in [1.29, 1.82) is 0 Å². The van der Waals surface area contributed by atoms with Crippen LogP contribution in [0.25, 0.3) is 0 Å². The van der Waals surface area contributed by atoms with Gasteiger partial charge in [-0.2, -0.15) is 0 Å². The molecule has 2 unspecified atom stereocenters. The van der Waals surface area contributed by atoms with Gasteiger partial charge in [0, 0.05) is 22.7 Å². The van der Waals surface area contributed by atoms with Crippen LogP contribution in [0.4, 0.5) is 0 Å². The Morgan fingerprint density at radius 3 is 0.630 bits per heavy atom. The number of aliphatic carboxylic acids is 2. The maximum atomic E-state index is 10.7. The number of carboxylic acid groups (broad SMARTS) is 2. The van der Waals surface area contributed by atoms with Gasteiger partial charge in [0.15, 0.2) is 0 Å². The summed E-state index contributed by atoms with van der Waals surface area (Å²) in [6.45, 7) is 4.53. The molecule has 0 amide bonds. The normalized spacial score (nSPS) is 12.2. The Hall–Kier alpha value is -2.26. The summed E-state index contributed by atoms with van der Waals surface area (Å²) < 4.78 is 0. The molecule has 0 saturated carbocycles. The molecule has 0 aliphatic carbocycles. The molecule has 0 rings (SSSR count). The minimum absolute atomic E-state index is 0.154. The van der Waals surface area contributed by atoms with E-state index < -0.39 is 33.9 Å². The Balaban J connectivity index is 0. The summed E-state index contributed by atoms with van der Waals surface area (Å²) >= 11 is 0. The lowest BCUT2D eigenvalue weighted by Gasteiger charge is -2.05. The molecule has 0 aromatic heterocycles. The van der Waals surface area contributed by atoms with E-state index in [-0.39, 0.29) is 12.8 Å². The monoisotopic (exact) mass is 771 g/mol. The Labute approximate surface area is 331 Å². The molecule has 0 aromatic carbocycles. The number of nitrogens with zero attached hydrogens (tertiary/aromatic N) is 2. The molecular formula is C44H86N2O8. The molecule has 0 fully saturated rings. The second kappa shape index (κ2) is 43.5. The maximum absolute atomic E-state index is 10.7. The van der Waals surface area contributed by atoms with Gasteiger partial charge in [0.2, 0.25) is 0 Å². The summed E-state index contributed by atoms with van der Waals surface area (Å²) in [4.78, 5) is 41.2. The SMILES string of the molecule is CCCCCCCCCCCCCCCCCCCCC(C(=O)O)[N+](=O)[O-].CCCCCCCCCCCCCCCCCCCCC(C(=O)O)[N+](=O)[O-].